The lowest BCUT2D eigenvalue weighted by Gasteiger charge is -2.21. The van der Waals surface area contributed by atoms with Crippen molar-refractivity contribution in [3.63, 3.8) is 0 Å². The minimum atomic E-state index is -0.953. The number of aliphatic carboxylic acids is 1. The van der Waals surface area contributed by atoms with E-state index in [9.17, 15) is 14.7 Å². The Morgan fingerprint density at radius 1 is 1.25 bits per heavy atom. The van der Waals surface area contributed by atoms with Crippen molar-refractivity contribution in [2.75, 3.05) is 0 Å². The van der Waals surface area contributed by atoms with Gasteiger partial charge in [0.05, 0.1) is 0 Å². The second-order valence-corrected chi connectivity index (χ2v) is 6.83. The van der Waals surface area contributed by atoms with E-state index in [2.05, 4.69) is 10.6 Å². The van der Waals surface area contributed by atoms with Gasteiger partial charge in [0.1, 0.15) is 6.04 Å². The van der Waals surface area contributed by atoms with Gasteiger partial charge in [-0.2, -0.15) is 0 Å². The second kappa shape index (κ2) is 4.93. The molecule has 6 unspecified atom stereocenters. The number of carboxylic acids is 1. The number of fused-ring (bicyclic) bond motifs is 5. The standard InChI is InChI=1S/C15H24N2O3/c1-3-7(2)12(14(18)19)16-15(20)17-13-10-8-4-5-9(6-8)11(10)13/h7-13H,3-6H2,1-2H3,(H,18,19)(H2,16,17,20). The molecule has 0 radical (unpaired) electrons. The van der Waals surface area contributed by atoms with Crippen molar-refractivity contribution < 1.29 is 14.7 Å². The molecule has 2 bridgehead atoms. The van der Waals surface area contributed by atoms with E-state index >= 15 is 0 Å². The monoisotopic (exact) mass is 280 g/mol. The highest BCUT2D eigenvalue weighted by molar-refractivity contribution is 5.83. The third kappa shape index (κ3) is 2.17. The third-order valence-corrected chi connectivity index (χ3v) is 5.80. The van der Waals surface area contributed by atoms with Crippen LogP contribution in [0.1, 0.15) is 39.5 Å². The van der Waals surface area contributed by atoms with Gasteiger partial charge in [0.2, 0.25) is 0 Å². The quantitative estimate of drug-likeness (QED) is 0.719. The normalized spacial score (nSPS) is 39.8. The number of hydrogen-bond acceptors (Lipinski definition) is 2. The molecule has 3 N–H and O–H groups in total. The third-order valence-electron chi connectivity index (χ3n) is 5.80. The van der Waals surface area contributed by atoms with Crippen LogP contribution in [0.4, 0.5) is 4.79 Å². The molecule has 3 rings (SSSR count). The molecule has 0 aromatic rings. The van der Waals surface area contributed by atoms with Crippen LogP contribution in [0.3, 0.4) is 0 Å². The van der Waals surface area contributed by atoms with Crippen LogP contribution < -0.4 is 10.6 Å². The van der Waals surface area contributed by atoms with E-state index in [4.69, 9.17) is 0 Å². The first-order valence-electron chi connectivity index (χ1n) is 7.82. The highest BCUT2D eigenvalue weighted by Crippen LogP contribution is 2.65. The first-order valence-corrected chi connectivity index (χ1v) is 7.82. The van der Waals surface area contributed by atoms with Crippen LogP contribution in [0, 0.1) is 29.6 Å². The summed E-state index contributed by atoms with van der Waals surface area (Å²) in [6, 6.07) is -0.806. The molecule has 112 valence electrons. The predicted octanol–water partition coefficient (Wildman–Crippen LogP) is 1.83. The fourth-order valence-corrected chi connectivity index (χ4v) is 4.54. The molecule has 0 spiro atoms. The number of urea groups is 1. The van der Waals surface area contributed by atoms with E-state index in [1.54, 1.807) is 0 Å². The maximum atomic E-state index is 12.0. The predicted molar refractivity (Wildman–Crippen MR) is 74.1 cm³/mol. The molecule has 0 aliphatic heterocycles. The van der Waals surface area contributed by atoms with Gasteiger partial charge in [-0.25, -0.2) is 9.59 Å². The second-order valence-electron chi connectivity index (χ2n) is 6.83. The van der Waals surface area contributed by atoms with Crippen molar-refractivity contribution in [3.8, 4) is 0 Å². The number of carbonyl (C=O) groups excluding carboxylic acids is 1. The molecule has 20 heavy (non-hydrogen) atoms. The molecule has 0 heterocycles. The Labute approximate surface area is 119 Å². The van der Waals surface area contributed by atoms with Crippen molar-refractivity contribution in [1.82, 2.24) is 10.6 Å². The van der Waals surface area contributed by atoms with Crippen LogP contribution in [0.5, 0.6) is 0 Å². The van der Waals surface area contributed by atoms with Gasteiger partial charge >= 0.3 is 12.0 Å². The highest BCUT2D eigenvalue weighted by atomic mass is 16.4. The van der Waals surface area contributed by atoms with Crippen LogP contribution in [-0.2, 0) is 4.79 Å². The SMILES string of the molecule is CCC(C)C(NC(=O)NC1C2C3CCC(C3)C12)C(=O)O. The van der Waals surface area contributed by atoms with Crippen molar-refractivity contribution in [1.29, 1.82) is 0 Å². The molecule has 6 atom stereocenters. The summed E-state index contributed by atoms with van der Waals surface area (Å²) in [5.41, 5.74) is 0. The van der Waals surface area contributed by atoms with Gasteiger partial charge in [0, 0.05) is 6.04 Å². The van der Waals surface area contributed by atoms with E-state index in [1.807, 2.05) is 13.8 Å². The van der Waals surface area contributed by atoms with Gasteiger partial charge in [-0.05, 0) is 48.9 Å². The van der Waals surface area contributed by atoms with Crippen LogP contribution in [0.25, 0.3) is 0 Å². The van der Waals surface area contributed by atoms with E-state index < -0.39 is 12.0 Å². The zero-order chi connectivity index (χ0) is 14.4. The Morgan fingerprint density at radius 2 is 1.85 bits per heavy atom. The molecule has 0 aromatic heterocycles. The van der Waals surface area contributed by atoms with E-state index in [0.29, 0.717) is 17.9 Å². The lowest BCUT2D eigenvalue weighted by atomic mass is 9.99. The summed E-state index contributed by atoms with van der Waals surface area (Å²) < 4.78 is 0. The number of amides is 2. The molecule has 2 amide bonds. The Kier molecular flexibility index (Phi) is 3.38. The number of nitrogens with one attached hydrogen (secondary N) is 2. The van der Waals surface area contributed by atoms with Crippen LogP contribution in [0.15, 0.2) is 0 Å². The Bertz CT molecular complexity index is 409. The Balaban J connectivity index is 1.52. The number of hydrogen-bond donors (Lipinski definition) is 3. The summed E-state index contributed by atoms with van der Waals surface area (Å²) in [7, 11) is 0. The van der Waals surface area contributed by atoms with Crippen LogP contribution >= 0.6 is 0 Å². The molecule has 5 heteroatoms. The average molecular weight is 280 g/mol. The van der Waals surface area contributed by atoms with Crippen molar-refractivity contribution in [2.24, 2.45) is 29.6 Å². The Morgan fingerprint density at radius 3 is 2.35 bits per heavy atom. The molecule has 0 aromatic carbocycles. The fraction of sp³-hybridized carbons (Fsp3) is 0.867. The summed E-state index contributed by atoms with van der Waals surface area (Å²) in [6.45, 7) is 3.79. The van der Waals surface area contributed by atoms with Crippen LogP contribution in [-0.4, -0.2) is 29.2 Å². The lowest BCUT2D eigenvalue weighted by Crippen LogP contribution is -2.50. The molecule has 3 saturated carbocycles. The van der Waals surface area contributed by atoms with Gasteiger partial charge < -0.3 is 15.7 Å². The van der Waals surface area contributed by atoms with Gasteiger partial charge in [0.25, 0.3) is 0 Å². The first kappa shape index (κ1) is 13.7. The lowest BCUT2D eigenvalue weighted by molar-refractivity contribution is -0.140. The molecular formula is C15H24N2O3. The molecule has 5 nitrogen and oxygen atoms in total. The topological polar surface area (TPSA) is 78.4 Å². The summed E-state index contributed by atoms with van der Waals surface area (Å²) in [6.07, 6.45) is 4.71. The summed E-state index contributed by atoms with van der Waals surface area (Å²) >= 11 is 0. The first-order chi connectivity index (χ1) is 9.52. The minimum Gasteiger partial charge on any atom is -0.480 e. The molecular weight excluding hydrogens is 256 g/mol. The fourth-order valence-electron chi connectivity index (χ4n) is 4.54. The maximum Gasteiger partial charge on any atom is 0.326 e. The van der Waals surface area contributed by atoms with Crippen LogP contribution in [0.2, 0.25) is 0 Å². The number of carbonyl (C=O) groups is 2. The zero-order valence-corrected chi connectivity index (χ0v) is 12.1. The number of carboxylic acid groups (broad SMARTS) is 1. The van der Waals surface area contributed by atoms with Crippen molar-refractivity contribution >= 4 is 12.0 Å². The Hall–Kier alpha value is -1.26. The highest BCUT2D eigenvalue weighted by Gasteiger charge is 2.65. The van der Waals surface area contributed by atoms with Gasteiger partial charge in [0.15, 0.2) is 0 Å². The zero-order valence-electron chi connectivity index (χ0n) is 12.1. The van der Waals surface area contributed by atoms with Gasteiger partial charge in [-0.15, -0.1) is 0 Å². The van der Waals surface area contributed by atoms with Crippen molar-refractivity contribution in [3.05, 3.63) is 0 Å². The van der Waals surface area contributed by atoms with E-state index in [0.717, 1.165) is 18.3 Å². The molecule has 0 saturated heterocycles. The van der Waals surface area contributed by atoms with Gasteiger partial charge in [-0.1, -0.05) is 20.3 Å². The summed E-state index contributed by atoms with van der Waals surface area (Å²) in [5.74, 6) is 1.94. The summed E-state index contributed by atoms with van der Waals surface area (Å²) in [5, 5.41) is 14.8. The summed E-state index contributed by atoms with van der Waals surface area (Å²) in [4.78, 5) is 23.2. The smallest absolute Gasteiger partial charge is 0.326 e. The minimum absolute atomic E-state index is 0.0619. The maximum absolute atomic E-state index is 12.0. The van der Waals surface area contributed by atoms with E-state index in [1.165, 1.54) is 19.3 Å². The largest absolute Gasteiger partial charge is 0.480 e. The molecule has 3 aliphatic carbocycles. The molecule has 3 aliphatic rings. The average Bonchev–Trinajstić information content (AvgIpc) is 2.82. The number of rotatable bonds is 5. The molecule has 3 fully saturated rings. The van der Waals surface area contributed by atoms with E-state index in [-0.39, 0.29) is 11.9 Å². The van der Waals surface area contributed by atoms with Gasteiger partial charge in [-0.3, -0.25) is 0 Å². The van der Waals surface area contributed by atoms with Crippen molar-refractivity contribution in [2.45, 2.75) is 51.6 Å².